The quantitative estimate of drug-likeness (QED) is 0.0843. The second-order valence-corrected chi connectivity index (χ2v) is 28.4. The van der Waals surface area contributed by atoms with Gasteiger partial charge in [0.25, 0.3) is 0 Å². The molecule has 8 aromatic rings. The molecule has 0 fully saturated rings. The summed E-state index contributed by atoms with van der Waals surface area (Å²) in [5, 5.41) is 12.3. The average molecular weight is 1190 g/mol. The molecule has 0 aromatic heterocycles. The number of benzene rings is 8. The Morgan fingerprint density at radius 2 is 0.716 bits per heavy atom. The topological polar surface area (TPSA) is 12.5 Å². The maximum Gasteiger partial charge on any atom is 0.210 e. The fourth-order valence-corrected chi connectivity index (χ4v) is 17.2. The number of rotatable bonds is 13. The van der Waals surface area contributed by atoms with Crippen LogP contribution in [0.2, 0.25) is 0 Å². The Kier molecular flexibility index (Phi) is 14.5. The zero-order valence-corrected chi connectivity index (χ0v) is 54.6. The number of fused-ring (bicyclic) bond motifs is 12. The van der Waals surface area contributed by atoms with Crippen LogP contribution in [0.1, 0.15) is 129 Å². The summed E-state index contributed by atoms with van der Waals surface area (Å²) in [6, 6.07) is 53.9. The summed E-state index contributed by atoms with van der Waals surface area (Å²) >= 11 is 14.8. The molecular weight excluding hydrogens is 1110 g/mol. The molecule has 0 unspecified atom stereocenters. The lowest BCUT2D eigenvalue weighted by atomic mass is 9.79. The Morgan fingerprint density at radius 1 is 0.375 bits per heavy atom. The van der Waals surface area contributed by atoms with Crippen LogP contribution in [0.4, 0.5) is 22.7 Å². The average Bonchev–Trinajstić information content (AvgIpc) is 1.63. The largest absolute Gasteiger partial charge is 0.347 e. The van der Waals surface area contributed by atoms with Crippen LogP contribution in [0.3, 0.4) is 0 Å². The van der Waals surface area contributed by atoms with Crippen LogP contribution in [-0.2, 0) is 21.7 Å². The van der Waals surface area contributed by atoms with Crippen LogP contribution in [0.25, 0.3) is 43.1 Å². The van der Waals surface area contributed by atoms with E-state index in [9.17, 15) is 0 Å². The fourth-order valence-electron chi connectivity index (χ4n) is 16.6. The van der Waals surface area contributed by atoms with Gasteiger partial charge in [-0.3, -0.25) is 0 Å². The number of halogens is 2. The van der Waals surface area contributed by atoms with Gasteiger partial charge in [0.15, 0.2) is 11.4 Å². The van der Waals surface area contributed by atoms with Crippen molar-refractivity contribution in [2.24, 2.45) is 0 Å². The molecule has 8 aromatic carbocycles. The first-order chi connectivity index (χ1) is 42.4. The summed E-state index contributed by atoms with van der Waals surface area (Å²) < 4.78 is 5.27. The van der Waals surface area contributed by atoms with Gasteiger partial charge in [-0.05, 0) is 179 Å². The number of hydrogen-bond donors (Lipinski definition) is 0. The second-order valence-electron chi connectivity index (χ2n) is 27.7. The lowest BCUT2D eigenvalue weighted by molar-refractivity contribution is -0.440. The first kappa shape index (κ1) is 58.0. The van der Waals surface area contributed by atoms with E-state index in [1.807, 2.05) is 0 Å². The minimum atomic E-state index is -0.208. The van der Waals surface area contributed by atoms with Crippen molar-refractivity contribution >= 4 is 100 Å². The highest BCUT2D eigenvalue weighted by atomic mass is 35.5. The third-order valence-electron chi connectivity index (χ3n) is 21.0. The molecule has 6 aliphatic rings. The second kappa shape index (κ2) is 22.1. The molecule has 0 saturated heterocycles. The third-order valence-corrected chi connectivity index (χ3v) is 22.0. The third kappa shape index (κ3) is 9.37. The van der Waals surface area contributed by atoms with Gasteiger partial charge >= 0.3 is 0 Å². The Morgan fingerprint density at radius 3 is 1.09 bits per heavy atom. The predicted molar refractivity (Wildman–Crippen MR) is 378 cm³/mol. The first-order valence-corrected chi connectivity index (χ1v) is 33.0. The molecule has 0 bridgehead atoms. The number of unbranched alkanes of at least 4 members (excludes halogenated alkanes) is 3. The van der Waals surface area contributed by atoms with Crippen molar-refractivity contribution < 1.29 is 9.15 Å². The summed E-state index contributed by atoms with van der Waals surface area (Å²) in [4.78, 5) is 4.75. The molecule has 14 rings (SSSR count). The van der Waals surface area contributed by atoms with Crippen LogP contribution >= 0.6 is 23.2 Å². The van der Waals surface area contributed by atoms with Gasteiger partial charge in [-0.15, -0.1) is 0 Å². The van der Waals surface area contributed by atoms with Crippen LogP contribution in [0.15, 0.2) is 238 Å². The van der Waals surface area contributed by atoms with Crippen molar-refractivity contribution in [1.29, 1.82) is 0 Å². The highest BCUT2D eigenvalue weighted by molar-refractivity contribution is 6.33. The Hall–Kier alpha value is -7.76. The summed E-state index contributed by atoms with van der Waals surface area (Å²) in [6.07, 6.45) is 26.9. The van der Waals surface area contributed by atoms with Gasteiger partial charge in [-0.2, -0.15) is 9.15 Å². The van der Waals surface area contributed by atoms with Gasteiger partial charge in [0.2, 0.25) is 11.4 Å². The van der Waals surface area contributed by atoms with E-state index >= 15 is 0 Å². The van der Waals surface area contributed by atoms with Gasteiger partial charge in [0.1, 0.15) is 13.1 Å². The SMILES string of the molecule is CN1C(=CC=C2CCC(C=CC3=[N+](CCCCCC[N+]4=C(C=CC5=C(Cl)C(=CC=C6N(C)c7ccc8ccccc8c7C6(C)C)CC5)C(C)(C)c5c4ccc4ccccc54)c4ccc5ccccc5c4C3(C)C)=C2Cl)C(C)(C)c2c1ccc1ccccc21. The molecule has 442 valence electrons. The number of anilines is 2. The molecule has 88 heavy (non-hydrogen) atoms. The van der Waals surface area contributed by atoms with E-state index in [0.717, 1.165) is 74.5 Å². The molecule has 0 saturated carbocycles. The summed E-state index contributed by atoms with van der Waals surface area (Å²) in [7, 11) is 4.41. The zero-order valence-electron chi connectivity index (χ0n) is 53.1. The molecule has 4 aliphatic heterocycles. The normalized spacial score (nSPS) is 21.0. The highest BCUT2D eigenvalue weighted by Crippen LogP contribution is 2.53. The molecule has 0 radical (unpaired) electrons. The molecule has 6 heteroatoms. The Labute approximate surface area is 531 Å². The lowest BCUT2D eigenvalue weighted by Crippen LogP contribution is -2.28. The fraction of sp³-hybridized carbons (Fsp3) is 0.293. The van der Waals surface area contributed by atoms with Crippen molar-refractivity contribution in [3.8, 4) is 0 Å². The first-order valence-electron chi connectivity index (χ1n) is 32.2. The molecule has 0 amide bonds. The Balaban J connectivity index is 0.710. The van der Waals surface area contributed by atoms with Gasteiger partial charge in [-0.25, -0.2) is 0 Å². The van der Waals surface area contributed by atoms with Crippen LogP contribution in [-0.4, -0.2) is 47.8 Å². The smallest absolute Gasteiger partial charge is 0.210 e. The molecule has 4 nitrogen and oxygen atoms in total. The molecule has 2 aliphatic carbocycles. The van der Waals surface area contributed by atoms with Crippen molar-refractivity contribution in [2.45, 2.75) is 128 Å². The van der Waals surface area contributed by atoms with E-state index < -0.39 is 0 Å². The van der Waals surface area contributed by atoms with E-state index in [2.05, 4.69) is 283 Å². The number of likely N-dealkylation sites (N-methyl/N-ethyl adjacent to an activating group) is 2. The van der Waals surface area contributed by atoms with E-state index in [4.69, 9.17) is 23.2 Å². The van der Waals surface area contributed by atoms with Crippen molar-refractivity contribution in [3.63, 3.8) is 0 Å². The van der Waals surface area contributed by atoms with Crippen LogP contribution < -0.4 is 9.80 Å². The van der Waals surface area contributed by atoms with Gasteiger partial charge in [-0.1, -0.05) is 184 Å². The monoisotopic (exact) mass is 1190 g/mol. The summed E-state index contributed by atoms with van der Waals surface area (Å²) in [5.41, 5.74) is 20.2. The van der Waals surface area contributed by atoms with Gasteiger partial charge in [0.05, 0.1) is 10.8 Å². The van der Waals surface area contributed by atoms with Gasteiger partial charge in [0, 0.05) is 106 Å². The number of hydrogen-bond acceptors (Lipinski definition) is 2. The van der Waals surface area contributed by atoms with Gasteiger partial charge < -0.3 is 9.80 Å². The molecule has 0 atom stereocenters. The van der Waals surface area contributed by atoms with E-state index in [1.165, 1.54) is 133 Å². The van der Waals surface area contributed by atoms with E-state index in [0.29, 0.717) is 0 Å². The predicted octanol–water partition coefficient (Wildman–Crippen LogP) is 21.5. The molecule has 4 heterocycles. The van der Waals surface area contributed by atoms with E-state index in [-0.39, 0.29) is 21.7 Å². The maximum absolute atomic E-state index is 7.42. The van der Waals surface area contributed by atoms with Crippen LogP contribution in [0.5, 0.6) is 0 Å². The highest BCUT2D eigenvalue weighted by Gasteiger charge is 2.48. The lowest BCUT2D eigenvalue weighted by Gasteiger charge is -2.24. The molecular formula is C82H82Cl2N4+2. The number of nitrogens with zero attached hydrogens (tertiary/aromatic N) is 4. The summed E-state index contributed by atoms with van der Waals surface area (Å²) in [6.45, 7) is 21.0. The molecule has 0 spiro atoms. The standard InChI is InChI=1S/C82H82Cl2N4/c1-79(2)69(85(9)65-43-35-53-23-13-17-27-61(53)73(65)79)47-39-57-31-33-59(77(57)83)41-49-71-81(5,6)75-63-29-19-15-25-55(63)37-45-67(75)87(71)51-21-11-12-22-52-88-68-46-38-56-26-16-20-30-64(56)76(68)82(7,8)72(88)50-42-60-34-32-58(78(60)84)40-48-70-80(3,4)74-62-28-18-14-24-54(62)36-44-66(74)86(70)10/h13-20,23-30,35-50H,11-12,21-22,31-34,51-52H2,1-10H3/q+2. The van der Waals surface area contributed by atoms with Crippen molar-refractivity contribution in [2.75, 3.05) is 37.0 Å². The minimum Gasteiger partial charge on any atom is -0.347 e. The van der Waals surface area contributed by atoms with Crippen LogP contribution in [0, 0.1) is 0 Å². The maximum atomic E-state index is 7.42. The van der Waals surface area contributed by atoms with Crippen molar-refractivity contribution in [1.82, 2.24) is 0 Å². The number of allylic oxidation sites excluding steroid dienone is 16. The summed E-state index contributed by atoms with van der Waals surface area (Å²) in [5.74, 6) is 0. The minimum absolute atomic E-state index is 0.150. The van der Waals surface area contributed by atoms with Crippen molar-refractivity contribution in [3.05, 3.63) is 260 Å². The zero-order chi connectivity index (χ0) is 61.0. The van der Waals surface area contributed by atoms with E-state index in [1.54, 1.807) is 0 Å². The Bertz CT molecular complexity index is 4320. The molecule has 0 N–H and O–H groups in total.